The minimum absolute atomic E-state index is 0.548. The molecule has 0 heterocycles. The Kier molecular flexibility index (Phi) is 15.1. The topological polar surface area (TPSA) is 98.7 Å². The third kappa shape index (κ3) is 14.6. The van der Waals surface area contributed by atoms with Crippen molar-refractivity contribution < 1.29 is 0 Å². The number of hydrogen-bond donors (Lipinski definition) is 2. The third-order valence-electron chi connectivity index (χ3n) is 3.02. The molecule has 0 radical (unpaired) electrons. The predicted octanol–water partition coefficient (Wildman–Crippen LogP) is 0.989. The summed E-state index contributed by atoms with van der Waals surface area (Å²) in [5.74, 6) is 0. The summed E-state index contributed by atoms with van der Waals surface area (Å²) >= 11 is 0. The molecule has 0 bridgehead atoms. The average molecular weight is 290 g/mol. The molecule has 0 unspecified atom stereocenters. The monoisotopic (exact) mass is 290 g/mol. The van der Waals surface area contributed by atoms with Crippen LogP contribution in [0.5, 0.6) is 0 Å². The molecule has 116 valence electrons. The van der Waals surface area contributed by atoms with Gasteiger partial charge in [0.25, 0.3) is 0 Å². The van der Waals surface area contributed by atoms with E-state index >= 15 is 0 Å². The van der Waals surface area contributed by atoms with Gasteiger partial charge in [-0.25, -0.2) is 0 Å². The second kappa shape index (κ2) is 16.4. The van der Waals surface area contributed by atoms with Crippen LogP contribution in [0.25, 0.3) is 0 Å². The molecule has 0 saturated heterocycles. The highest BCUT2D eigenvalue weighted by atomic mass is 15.1. The lowest BCUT2D eigenvalue weighted by Crippen LogP contribution is -2.31. The number of nitriles is 3. The van der Waals surface area contributed by atoms with Crippen molar-refractivity contribution in [2.24, 2.45) is 0 Å². The van der Waals surface area contributed by atoms with Crippen LogP contribution in [0.1, 0.15) is 32.1 Å². The predicted molar refractivity (Wildman–Crippen MR) is 82.1 cm³/mol. The summed E-state index contributed by atoms with van der Waals surface area (Å²) in [4.78, 5) is 2.31. The molecule has 0 aromatic carbocycles. The maximum atomic E-state index is 8.69. The second-order valence-electron chi connectivity index (χ2n) is 4.77. The van der Waals surface area contributed by atoms with Crippen LogP contribution in [0.2, 0.25) is 0 Å². The Morgan fingerprint density at radius 1 is 0.619 bits per heavy atom. The van der Waals surface area contributed by atoms with Gasteiger partial charge in [0.15, 0.2) is 0 Å². The van der Waals surface area contributed by atoms with E-state index in [2.05, 4.69) is 33.7 Å². The Bertz CT molecular complexity index is 323. The zero-order valence-electron chi connectivity index (χ0n) is 12.8. The van der Waals surface area contributed by atoms with Gasteiger partial charge in [-0.05, 0) is 39.0 Å². The molecule has 0 spiro atoms. The number of nitrogens with one attached hydrogen (secondary N) is 2. The highest BCUT2D eigenvalue weighted by molar-refractivity contribution is 4.74. The lowest BCUT2D eigenvalue weighted by Gasteiger charge is -2.21. The van der Waals surface area contributed by atoms with E-state index in [1.165, 1.54) is 0 Å². The highest BCUT2D eigenvalue weighted by Crippen LogP contribution is 1.96. The number of nitrogens with zero attached hydrogens (tertiary/aromatic N) is 4. The Morgan fingerprint density at radius 3 is 1.52 bits per heavy atom. The van der Waals surface area contributed by atoms with Crippen LogP contribution in [-0.2, 0) is 0 Å². The van der Waals surface area contributed by atoms with Gasteiger partial charge in [0.05, 0.1) is 18.2 Å². The van der Waals surface area contributed by atoms with Crippen LogP contribution < -0.4 is 10.6 Å². The van der Waals surface area contributed by atoms with Gasteiger partial charge in [-0.15, -0.1) is 0 Å². The van der Waals surface area contributed by atoms with E-state index in [0.717, 1.165) is 58.7 Å². The maximum Gasteiger partial charge on any atom is 0.0635 e. The van der Waals surface area contributed by atoms with Gasteiger partial charge in [-0.1, -0.05) is 0 Å². The summed E-state index contributed by atoms with van der Waals surface area (Å²) in [6.45, 7) is 6.07. The Morgan fingerprint density at radius 2 is 1.10 bits per heavy atom. The second-order valence-corrected chi connectivity index (χ2v) is 4.77. The molecule has 6 nitrogen and oxygen atoms in total. The standard InChI is InChI=1S/C15H26N6/c16-6-1-9-19-11-4-14-21(13-3-8-18)15-5-12-20-10-2-7-17/h19-20H,1-5,9-15H2. The fourth-order valence-electron chi connectivity index (χ4n) is 1.94. The first-order chi connectivity index (χ1) is 10.3. The first kappa shape index (κ1) is 19.4. The van der Waals surface area contributed by atoms with Crippen molar-refractivity contribution in [1.82, 2.24) is 15.5 Å². The molecule has 0 aromatic heterocycles. The van der Waals surface area contributed by atoms with Crippen molar-refractivity contribution in [2.45, 2.75) is 32.1 Å². The fraction of sp³-hybridized carbons (Fsp3) is 0.800. The van der Waals surface area contributed by atoms with E-state index in [1.807, 2.05) is 0 Å². The minimum atomic E-state index is 0.548. The van der Waals surface area contributed by atoms with Gasteiger partial charge in [0.2, 0.25) is 0 Å². The van der Waals surface area contributed by atoms with Gasteiger partial charge in [-0.3, -0.25) is 0 Å². The quantitative estimate of drug-likeness (QED) is 0.463. The maximum absolute atomic E-state index is 8.69. The molecule has 0 aliphatic rings. The van der Waals surface area contributed by atoms with E-state index in [9.17, 15) is 0 Å². The molecule has 0 rings (SSSR count). The van der Waals surface area contributed by atoms with Crippen LogP contribution in [0, 0.1) is 34.0 Å². The molecule has 0 saturated carbocycles. The van der Waals surface area contributed by atoms with Crippen LogP contribution in [0.15, 0.2) is 0 Å². The Hall–Kier alpha value is -1.65. The fourth-order valence-corrected chi connectivity index (χ4v) is 1.94. The van der Waals surface area contributed by atoms with Crippen molar-refractivity contribution in [3.8, 4) is 18.2 Å². The number of hydrogen-bond acceptors (Lipinski definition) is 6. The summed E-state index contributed by atoms with van der Waals surface area (Å²) < 4.78 is 0. The van der Waals surface area contributed by atoms with Gasteiger partial charge in [0.1, 0.15) is 0 Å². The molecule has 0 fully saturated rings. The Balaban J connectivity index is 3.65. The van der Waals surface area contributed by atoms with E-state index < -0.39 is 0 Å². The summed E-state index contributed by atoms with van der Waals surface area (Å²) in [6.07, 6.45) is 3.71. The van der Waals surface area contributed by atoms with Crippen LogP contribution in [0.4, 0.5) is 0 Å². The minimum Gasteiger partial charge on any atom is -0.316 e. The van der Waals surface area contributed by atoms with Crippen LogP contribution >= 0.6 is 0 Å². The van der Waals surface area contributed by atoms with Crippen molar-refractivity contribution in [3.05, 3.63) is 0 Å². The van der Waals surface area contributed by atoms with Crippen LogP contribution in [-0.4, -0.2) is 50.7 Å². The Labute approximate surface area is 128 Å². The molecule has 0 aliphatic carbocycles. The molecule has 21 heavy (non-hydrogen) atoms. The molecule has 0 aliphatic heterocycles. The normalized spacial score (nSPS) is 10.0. The first-order valence-corrected chi connectivity index (χ1v) is 7.59. The zero-order chi connectivity index (χ0) is 15.6. The SMILES string of the molecule is N#CCCNCCCN(CCC#N)CCCNCCC#N. The molecule has 2 N–H and O–H groups in total. The lowest BCUT2D eigenvalue weighted by atomic mass is 10.3. The van der Waals surface area contributed by atoms with Crippen molar-refractivity contribution in [2.75, 3.05) is 45.8 Å². The summed E-state index contributed by atoms with van der Waals surface area (Å²) in [7, 11) is 0. The molecular weight excluding hydrogens is 264 g/mol. The average Bonchev–Trinajstić information content (AvgIpc) is 2.50. The van der Waals surface area contributed by atoms with Gasteiger partial charge in [0, 0.05) is 38.9 Å². The van der Waals surface area contributed by atoms with E-state index in [0.29, 0.717) is 19.3 Å². The van der Waals surface area contributed by atoms with Gasteiger partial charge >= 0.3 is 0 Å². The van der Waals surface area contributed by atoms with Gasteiger partial charge in [-0.2, -0.15) is 15.8 Å². The summed E-state index contributed by atoms with van der Waals surface area (Å²) in [5.41, 5.74) is 0. The largest absolute Gasteiger partial charge is 0.316 e. The smallest absolute Gasteiger partial charge is 0.0635 e. The van der Waals surface area contributed by atoms with E-state index in [1.54, 1.807) is 0 Å². The van der Waals surface area contributed by atoms with Crippen molar-refractivity contribution in [3.63, 3.8) is 0 Å². The summed E-state index contributed by atoms with van der Waals surface area (Å²) in [6, 6.07) is 6.41. The lowest BCUT2D eigenvalue weighted by molar-refractivity contribution is 0.270. The molecule has 6 heteroatoms. The highest BCUT2D eigenvalue weighted by Gasteiger charge is 2.04. The third-order valence-corrected chi connectivity index (χ3v) is 3.02. The molecular formula is C15H26N6. The zero-order valence-corrected chi connectivity index (χ0v) is 12.8. The first-order valence-electron chi connectivity index (χ1n) is 7.59. The van der Waals surface area contributed by atoms with E-state index in [-0.39, 0.29) is 0 Å². The van der Waals surface area contributed by atoms with Crippen molar-refractivity contribution in [1.29, 1.82) is 15.8 Å². The molecule has 0 atom stereocenters. The van der Waals surface area contributed by atoms with Gasteiger partial charge < -0.3 is 15.5 Å². The van der Waals surface area contributed by atoms with Crippen LogP contribution in [0.3, 0.4) is 0 Å². The van der Waals surface area contributed by atoms with Crippen molar-refractivity contribution >= 4 is 0 Å². The summed E-state index contributed by atoms with van der Waals surface area (Å²) in [5, 5.41) is 32.0. The van der Waals surface area contributed by atoms with E-state index in [4.69, 9.17) is 15.8 Å². The molecule has 0 aromatic rings. The molecule has 0 amide bonds. The number of rotatable bonds is 14.